The van der Waals surface area contributed by atoms with Gasteiger partial charge in [-0.3, -0.25) is 34.3 Å². The fourth-order valence-electron chi connectivity index (χ4n) is 9.13. The molecule has 4 aromatic rings. The molecule has 6 unspecified atom stereocenters. The van der Waals surface area contributed by atoms with Gasteiger partial charge in [-0.05, 0) is 80.6 Å². The minimum absolute atomic E-state index is 0.121. The number of fused-ring (bicyclic) bond motifs is 4. The summed E-state index contributed by atoms with van der Waals surface area (Å²) in [6.45, 7) is 3.39. The van der Waals surface area contributed by atoms with Crippen molar-refractivity contribution in [2.75, 3.05) is 17.4 Å². The van der Waals surface area contributed by atoms with Crippen molar-refractivity contribution in [3.63, 3.8) is 0 Å². The fraction of sp³-hybridized carbons (Fsp3) is 0.262. The molecular formula is C42H37N3O7. The quantitative estimate of drug-likeness (QED) is 0.135. The number of hydrazine groups is 1. The Morgan fingerprint density at radius 1 is 0.846 bits per heavy atom. The number of nitrogens with one attached hydrogen (secondary N) is 1. The van der Waals surface area contributed by atoms with E-state index >= 15 is 4.79 Å². The molecular weight excluding hydrogens is 658 g/mol. The summed E-state index contributed by atoms with van der Waals surface area (Å²) in [5.74, 6) is -5.77. The highest BCUT2D eigenvalue weighted by Gasteiger charge is 2.70. The van der Waals surface area contributed by atoms with Crippen LogP contribution < -0.4 is 15.1 Å². The molecule has 4 aromatic carbocycles. The van der Waals surface area contributed by atoms with Crippen molar-refractivity contribution in [3.8, 4) is 11.5 Å². The van der Waals surface area contributed by atoms with E-state index in [1.165, 1.54) is 18.9 Å². The van der Waals surface area contributed by atoms with Gasteiger partial charge >= 0.3 is 0 Å². The third-order valence-electron chi connectivity index (χ3n) is 11.5. The Hall–Kier alpha value is -6.03. The van der Waals surface area contributed by atoms with Gasteiger partial charge in [0.15, 0.2) is 17.3 Å². The molecule has 262 valence electrons. The molecule has 0 bridgehead atoms. The Balaban J connectivity index is 1.31. The zero-order valence-corrected chi connectivity index (χ0v) is 28.9. The second kappa shape index (κ2) is 12.3. The van der Waals surface area contributed by atoms with E-state index in [1.807, 2.05) is 55.5 Å². The first-order chi connectivity index (χ1) is 25.1. The summed E-state index contributed by atoms with van der Waals surface area (Å²) in [5.41, 5.74) is 5.66. The van der Waals surface area contributed by atoms with Crippen molar-refractivity contribution in [1.82, 2.24) is 5.01 Å². The topological polar surface area (TPSA) is 133 Å². The second-order valence-corrected chi connectivity index (χ2v) is 14.1. The number of para-hydroxylation sites is 1. The number of ether oxygens (including phenoxy) is 1. The molecule has 0 radical (unpaired) electrons. The second-order valence-electron chi connectivity index (χ2n) is 14.1. The van der Waals surface area contributed by atoms with E-state index in [9.17, 15) is 24.3 Å². The van der Waals surface area contributed by atoms with Gasteiger partial charge in [0.2, 0.25) is 11.8 Å². The number of allylic oxidation sites excluding steroid dienone is 2. The van der Waals surface area contributed by atoms with E-state index in [1.54, 1.807) is 54.6 Å². The van der Waals surface area contributed by atoms with E-state index in [0.29, 0.717) is 28.1 Å². The number of benzene rings is 4. The zero-order chi connectivity index (χ0) is 36.5. The molecule has 4 aliphatic rings. The largest absolute Gasteiger partial charge is 0.504 e. The van der Waals surface area contributed by atoms with Crippen LogP contribution in [0.25, 0.3) is 0 Å². The Morgan fingerprint density at radius 2 is 1.56 bits per heavy atom. The Labute approximate surface area is 300 Å². The number of ketones is 1. The summed E-state index contributed by atoms with van der Waals surface area (Å²) in [6.07, 6.45) is 2.29. The maximum Gasteiger partial charge on any atom is 0.260 e. The Kier molecular flexibility index (Phi) is 7.86. The number of methoxy groups -OCH3 is 1. The molecule has 6 atom stereocenters. The zero-order valence-electron chi connectivity index (χ0n) is 28.9. The van der Waals surface area contributed by atoms with E-state index in [2.05, 4.69) is 5.43 Å². The Morgan fingerprint density at radius 3 is 2.23 bits per heavy atom. The van der Waals surface area contributed by atoms with Gasteiger partial charge in [0.25, 0.3) is 11.8 Å². The van der Waals surface area contributed by atoms with Gasteiger partial charge in [-0.25, -0.2) is 0 Å². The maximum absolute atomic E-state index is 15.3. The van der Waals surface area contributed by atoms with Crippen LogP contribution in [0, 0.1) is 30.6 Å². The van der Waals surface area contributed by atoms with Crippen LogP contribution in [-0.4, -0.2) is 46.6 Å². The maximum atomic E-state index is 15.3. The third kappa shape index (κ3) is 4.73. The molecule has 10 nitrogen and oxygen atoms in total. The van der Waals surface area contributed by atoms with Crippen LogP contribution in [0.15, 0.2) is 109 Å². The first-order valence-electron chi connectivity index (χ1n) is 17.4. The standard InChI is InChI=1S/C42H37N3O7/c1-23-12-16-27(17-13-23)43-45-39(49)33-22-32-29(20-21-30-35(32)40(50)44(38(30)48)28-18-14-25(15-19-28)24(2)46)36(31-10-7-11-34(52-3)37(31)47)42(33,41(45)51)26-8-5-4-6-9-26/h4-20,30,32-33,35-36,43,47H,21-22H2,1-3H3. The summed E-state index contributed by atoms with van der Waals surface area (Å²) in [5, 5.41) is 12.9. The number of anilines is 2. The average molecular weight is 696 g/mol. The van der Waals surface area contributed by atoms with Crippen LogP contribution in [0.5, 0.6) is 11.5 Å². The smallest absolute Gasteiger partial charge is 0.260 e. The van der Waals surface area contributed by atoms with Crippen LogP contribution in [-0.2, 0) is 24.6 Å². The first kappa shape index (κ1) is 33.1. The third-order valence-corrected chi connectivity index (χ3v) is 11.5. The lowest BCUT2D eigenvalue weighted by molar-refractivity contribution is -0.138. The number of Topliss-reactive ketones (excluding diaryl/α,β-unsaturated/α-hetero) is 1. The molecule has 2 N–H and O–H groups in total. The van der Waals surface area contributed by atoms with Crippen LogP contribution in [0.2, 0.25) is 0 Å². The fourth-order valence-corrected chi connectivity index (χ4v) is 9.13. The SMILES string of the molecule is COc1cccc(C2C3=CCC4C(=O)N(c5ccc(C(C)=O)cc5)C(=O)C4C3CC3C(=O)N(Nc4ccc(C)cc4)C(=O)C32c2ccccc2)c1O. The molecule has 3 fully saturated rings. The van der Waals surface area contributed by atoms with Crippen molar-refractivity contribution in [2.24, 2.45) is 23.7 Å². The number of phenolic OH excluding ortho intramolecular Hbond substituents is 1. The first-order valence-corrected chi connectivity index (χ1v) is 17.4. The highest BCUT2D eigenvalue weighted by atomic mass is 16.5. The predicted molar refractivity (Wildman–Crippen MR) is 192 cm³/mol. The number of rotatable bonds is 7. The highest BCUT2D eigenvalue weighted by Crippen LogP contribution is 2.65. The van der Waals surface area contributed by atoms with Gasteiger partial charge < -0.3 is 9.84 Å². The van der Waals surface area contributed by atoms with Gasteiger partial charge in [-0.2, -0.15) is 5.01 Å². The number of imide groups is 2. The van der Waals surface area contributed by atoms with E-state index in [0.717, 1.165) is 16.1 Å². The average Bonchev–Trinajstić information content (AvgIpc) is 3.53. The lowest BCUT2D eigenvalue weighted by Gasteiger charge is -2.50. The molecule has 1 saturated carbocycles. The normalized spacial score (nSPS) is 26.4. The highest BCUT2D eigenvalue weighted by molar-refractivity contribution is 6.22. The molecule has 2 saturated heterocycles. The van der Waals surface area contributed by atoms with E-state index in [4.69, 9.17) is 4.74 Å². The summed E-state index contributed by atoms with van der Waals surface area (Å²) in [4.78, 5) is 71.8. The van der Waals surface area contributed by atoms with Crippen LogP contribution in [0.4, 0.5) is 11.4 Å². The molecule has 2 heterocycles. The van der Waals surface area contributed by atoms with Gasteiger partial charge in [-0.1, -0.05) is 71.8 Å². The monoisotopic (exact) mass is 695 g/mol. The lowest BCUT2D eigenvalue weighted by Crippen LogP contribution is -2.53. The van der Waals surface area contributed by atoms with Gasteiger partial charge in [-0.15, -0.1) is 0 Å². The van der Waals surface area contributed by atoms with Crippen LogP contribution >= 0.6 is 0 Å². The summed E-state index contributed by atoms with van der Waals surface area (Å²) >= 11 is 0. The number of nitrogens with zero attached hydrogens (tertiary/aromatic N) is 2. The summed E-state index contributed by atoms with van der Waals surface area (Å²) in [6, 6.07) is 28.0. The molecule has 0 aromatic heterocycles. The number of carbonyl (C=O) groups excluding carboxylic acids is 5. The lowest BCUT2D eigenvalue weighted by atomic mass is 9.49. The van der Waals surface area contributed by atoms with Crippen molar-refractivity contribution in [2.45, 2.75) is 38.0 Å². The number of hydrogen-bond donors (Lipinski definition) is 2. The molecule has 2 aliphatic heterocycles. The van der Waals surface area contributed by atoms with Crippen LogP contribution in [0.1, 0.15) is 52.7 Å². The predicted octanol–water partition coefficient (Wildman–Crippen LogP) is 6.10. The summed E-state index contributed by atoms with van der Waals surface area (Å²) in [7, 11) is 1.45. The summed E-state index contributed by atoms with van der Waals surface area (Å²) < 4.78 is 5.54. The minimum atomic E-state index is -1.52. The van der Waals surface area contributed by atoms with E-state index in [-0.39, 0.29) is 36.0 Å². The number of aromatic hydroxyl groups is 1. The van der Waals surface area contributed by atoms with Crippen molar-refractivity contribution < 1.29 is 33.8 Å². The number of amides is 4. The molecule has 0 spiro atoms. The molecule has 52 heavy (non-hydrogen) atoms. The van der Waals surface area contributed by atoms with Crippen molar-refractivity contribution >= 4 is 40.8 Å². The van der Waals surface area contributed by atoms with Crippen LogP contribution in [0.3, 0.4) is 0 Å². The van der Waals surface area contributed by atoms with Gasteiger partial charge in [0.1, 0.15) is 0 Å². The molecule has 2 aliphatic carbocycles. The number of hydrogen-bond acceptors (Lipinski definition) is 8. The van der Waals surface area contributed by atoms with Gasteiger partial charge in [0.05, 0.1) is 41.7 Å². The molecule has 8 rings (SSSR count). The molecule has 4 amide bonds. The minimum Gasteiger partial charge on any atom is -0.504 e. The van der Waals surface area contributed by atoms with Crippen molar-refractivity contribution in [1.29, 1.82) is 0 Å². The van der Waals surface area contributed by atoms with E-state index < -0.39 is 52.7 Å². The van der Waals surface area contributed by atoms with Crippen molar-refractivity contribution in [3.05, 3.63) is 131 Å². The number of aryl methyl sites for hydroxylation is 1. The molecule has 10 heteroatoms. The Bertz CT molecular complexity index is 2180. The number of phenols is 1. The number of carbonyl (C=O) groups is 5. The van der Waals surface area contributed by atoms with Gasteiger partial charge in [0, 0.05) is 17.0 Å².